The molecule has 0 radical (unpaired) electrons. The summed E-state index contributed by atoms with van der Waals surface area (Å²) in [4.78, 5) is 14.4. The van der Waals surface area contributed by atoms with Crippen LogP contribution >= 0.6 is 0 Å². The molecule has 4 heteroatoms. The number of aliphatic hydroxyl groups excluding tert-OH is 1. The third-order valence-corrected chi connectivity index (χ3v) is 3.24. The van der Waals surface area contributed by atoms with E-state index in [-0.39, 0.29) is 30.3 Å². The number of Topliss-reactive ketones (excluding diaryl/α,β-unsaturated/α-hetero) is 1. The first-order valence-corrected chi connectivity index (χ1v) is 6.63. The summed E-state index contributed by atoms with van der Waals surface area (Å²) in [5, 5.41) is 8.91. The molecule has 0 aliphatic carbocycles. The molecule has 3 nitrogen and oxygen atoms in total. The van der Waals surface area contributed by atoms with Gasteiger partial charge in [-0.2, -0.15) is 0 Å². The minimum Gasteiger partial charge on any atom is -0.396 e. The molecule has 106 valence electrons. The van der Waals surface area contributed by atoms with Crippen molar-refractivity contribution in [2.24, 2.45) is 0 Å². The van der Waals surface area contributed by atoms with Crippen molar-refractivity contribution < 1.29 is 14.3 Å². The van der Waals surface area contributed by atoms with Crippen LogP contribution in [0.4, 0.5) is 4.39 Å². The molecular weight excluding hydrogens is 245 g/mol. The van der Waals surface area contributed by atoms with Gasteiger partial charge in [0, 0.05) is 24.8 Å². The number of carbonyl (C=O) groups excluding carboxylic acids is 1. The average molecular weight is 267 g/mol. The second-order valence-corrected chi connectivity index (χ2v) is 4.96. The molecule has 0 aliphatic rings. The number of hydrogen-bond donors (Lipinski definition) is 1. The van der Waals surface area contributed by atoms with Gasteiger partial charge in [-0.25, -0.2) is 4.39 Å². The minimum absolute atomic E-state index is 0.0216. The predicted octanol–water partition coefficient (Wildman–Crippen LogP) is 2.49. The SMILES string of the molecule is CC(C)N(CCCO)C(C)C(=O)c1ccc(F)cc1. The first-order valence-electron chi connectivity index (χ1n) is 6.63. The zero-order valence-corrected chi connectivity index (χ0v) is 11.8. The lowest BCUT2D eigenvalue weighted by Crippen LogP contribution is -2.44. The molecule has 0 fully saturated rings. The number of ketones is 1. The Bertz CT molecular complexity index is 403. The fourth-order valence-electron chi connectivity index (χ4n) is 2.16. The quantitative estimate of drug-likeness (QED) is 0.772. The Morgan fingerprint density at radius 3 is 2.32 bits per heavy atom. The summed E-state index contributed by atoms with van der Waals surface area (Å²) in [7, 11) is 0. The third-order valence-electron chi connectivity index (χ3n) is 3.24. The molecular formula is C15H22FNO2. The van der Waals surface area contributed by atoms with Crippen molar-refractivity contribution in [2.45, 2.75) is 39.3 Å². The van der Waals surface area contributed by atoms with Crippen LogP contribution in [0.3, 0.4) is 0 Å². The zero-order chi connectivity index (χ0) is 14.4. The second-order valence-electron chi connectivity index (χ2n) is 4.96. The molecule has 1 N–H and O–H groups in total. The summed E-state index contributed by atoms with van der Waals surface area (Å²) < 4.78 is 12.9. The number of halogens is 1. The van der Waals surface area contributed by atoms with Crippen molar-refractivity contribution in [3.05, 3.63) is 35.6 Å². The van der Waals surface area contributed by atoms with Gasteiger partial charge in [0.2, 0.25) is 0 Å². The van der Waals surface area contributed by atoms with E-state index in [1.165, 1.54) is 24.3 Å². The molecule has 0 aliphatic heterocycles. The van der Waals surface area contributed by atoms with Crippen LogP contribution in [0.5, 0.6) is 0 Å². The highest BCUT2D eigenvalue weighted by Crippen LogP contribution is 2.13. The molecule has 1 rings (SSSR count). The van der Waals surface area contributed by atoms with Gasteiger partial charge in [-0.15, -0.1) is 0 Å². The molecule has 1 aromatic carbocycles. The Balaban J connectivity index is 2.80. The third kappa shape index (κ3) is 4.40. The first kappa shape index (κ1) is 15.8. The van der Waals surface area contributed by atoms with Crippen molar-refractivity contribution in [3.8, 4) is 0 Å². The van der Waals surface area contributed by atoms with Crippen molar-refractivity contribution in [2.75, 3.05) is 13.2 Å². The largest absolute Gasteiger partial charge is 0.396 e. The van der Waals surface area contributed by atoms with E-state index in [0.717, 1.165) is 0 Å². The predicted molar refractivity (Wildman–Crippen MR) is 73.7 cm³/mol. The maximum absolute atomic E-state index is 12.9. The minimum atomic E-state index is -0.342. The van der Waals surface area contributed by atoms with Gasteiger partial charge in [-0.05, 0) is 51.5 Å². The summed E-state index contributed by atoms with van der Waals surface area (Å²) in [5.41, 5.74) is 0.517. The highest BCUT2D eigenvalue weighted by atomic mass is 19.1. The summed E-state index contributed by atoms with van der Waals surface area (Å²) in [6.07, 6.45) is 0.638. The van der Waals surface area contributed by atoms with Gasteiger partial charge in [-0.1, -0.05) is 0 Å². The molecule has 0 bridgehead atoms. The lowest BCUT2D eigenvalue weighted by atomic mass is 10.0. The van der Waals surface area contributed by atoms with Crippen LogP contribution in [-0.2, 0) is 0 Å². The molecule has 0 amide bonds. The smallest absolute Gasteiger partial charge is 0.179 e. The van der Waals surface area contributed by atoms with Gasteiger partial charge in [0.1, 0.15) is 5.82 Å². The number of carbonyl (C=O) groups is 1. The normalized spacial score (nSPS) is 13.0. The molecule has 0 aromatic heterocycles. The topological polar surface area (TPSA) is 40.5 Å². The van der Waals surface area contributed by atoms with Crippen LogP contribution in [-0.4, -0.2) is 41.0 Å². The highest BCUT2D eigenvalue weighted by molar-refractivity contribution is 5.99. The van der Waals surface area contributed by atoms with Gasteiger partial charge in [0.05, 0.1) is 6.04 Å². The molecule has 0 saturated carbocycles. The summed E-state index contributed by atoms with van der Waals surface area (Å²) >= 11 is 0. The monoisotopic (exact) mass is 267 g/mol. The summed E-state index contributed by atoms with van der Waals surface area (Å²) in [5.74, 6) is -0.364. The van der Waals surface area contributed by atoms with E-state index in [1.807, 2.05) is 25.7 Å². The summed E-state index contributed by atoms with van der Waals surface area (Å²) in [6, 6.07) is 5.56. The zero-order valence-electron chi connectivity index (χ0n) is 11.8. The van der Waals surface area contributed by atoms with Gasteiger partial charge < -0.3 is 5.11 Å². The molecule has 0 heterocycles. The van der Waals surface area contributed by atoms with E-state index < -0.39 is 0 Å². The number of rotatable bonds is 7. The van der Waals surface area contributed by atoms with Crippen molar-refractivity contribution >= 4 is 5.78 Å². The molecule has 1 unspecified atom stereocenters. The molecule has 1 aromatic rings. The van der Waals surface area contributed by atoms with Crippen molar-refractivity contribution in [1.82, 2.24) is 4.90 Å². The Hall–Kier alpha value is -1.26. The van der Waals surface area contributed by atoms with E-state index in [9.17, 15) is 9.18 Å². The van der Waals surface area contributed by atoms with E-state index in [1.54, 1.807) is 0 Å². The maximum atomic E-state index is 12.9. The fourth-order valence-corrected chi connectivity index (χ4v) is 2.16. The first-order chi connectivity index (χ1) is 8.97. The van der Waals surface area contributed by atoms with Crippen LogP contribution < -0.4 is 0 Å². The van der Waals surface area contributed by atoms with Gasteiger partial charge in [0.25, 0.3) is 0 Å². The Morgan fingerprint density at radius 1 is 1.26 bits per heavy atom. The molecule has 0 spiro atoms. The molecule has 1 atom stereocenters. The van der Waals surface area contributed by atoms with Crippen LogP contribution in [0, 0.1) is 5.82 Å². The van der Waals surface area contributed by atoms with Crippen molar-refractivity contribution in [3.63, 3.8) is 0 Å². The Kier molecular flexibility index (Phi) is 6.12. The lowest BCUT2D eigenvalue weighted by molar-refractivity contribution is 0.0772. The van der Waals surface area contributed by atoms with Crippen LogP contribution in [0.25, 0.3) is 0 Å². The number of aliphatic hydroxyl groups is 1. The van der Waals surface area contributed by atoms with Crippen LogP contribution in [0.1, 0.15) is 37.6 Å². The maximum Gasteiger partial charge on any atom is 0.179 e. The summed E-state index contributed by atoms with van der Waals surface area (Å²) in [6.45, 7) is 6.67. The van der Waals surface area contributed by atoms with Crippen LogP contribution in [0.15, 0.2) is 24.3 Å². The average Bonchev–Trinajstić information content (AvgIpc) is 2.38. The number of hydrogen-bond acceptors (Lipinski definition) is 3. The van der Waals surface area contributed by atoms with E-state index >= 15 is 0 Å². The van der Waals surface area contributed by atoms with Gasteiger partial charge >= 0.3 is 0 Å². The highest BCUT2D eigenvalue weighted by Gasteiger charge is 2.24. The van der Waals surface area contributed by atoms with E-state index in [4.69, 9.17) is 5.11 Å². The lowest BCUT2D eigenvalue weighted by Gasteiger charge is -2.31. The Morgan fingerprint density at radius 2 is 1.84 bits per heavy atom. The second kappa shape index (κ2) is 7.36. The van der Waals surface area contributed by atoms with Crippen LogP contribution in [0.2, 0.25) is 0 Å². The van der Waals surface area contributed by atoms with Gasteiger partial charge in [0.15, 0.2) is 5.78 Å². The Labute approximate surface area is 114 Å². The molecule has 0 saturated heterocycles. The number of benzene rings is 1. The van der Waals surface area contributed by atoms with E-state index in [2.05, 4.69) is 0 Å². The van der Waals surface area contributed by atoms with E-state index in [0.29, 0.717) is 18.5 Å². The number of nitrogens with zero attached hydrogens (tertiary/aromatic N) is 1. The van der Waals surface area contributed by atoms with Crippen molar-refractivity contribution in [1.29, 1.82) is 0 Å². The standard InChI is InChI=1S/C15H22FNO2/c1-11(2)17(9-4-10-18)12(3)15(19)13-5-7-14(16)8-6-13/h5-8,11-12,18H,4,9-10H2,1-3H3. The van der Waals surface area contributed by atoms with Gasteiger partial charge in [-0.3, -0.25) is 9.69 Å². The molecule has 19 heavy (non-hydrogen) atoms. The fraction of sp³-hybridized carbons (Fsp3) is 0.533.